The summed E-state index contributed by atoms with van der Waals surface area (Å²) in [7, 11) is 0. The summed E-state index contributed by atoms with van der Waals surface area (Å²) in [5.41, 5.74) is -0.806. The predicted molar refractivity (Wildman–Crippen MR) is 71.5 cm³/mol. The fourth-order valence-corrected chi connectivity index (χ4v) is 2.70. The van der Waals surface area contributed by atoms with E-state index in [4.69, 9.17) is 4.74 Å². The van der Waals surface area contributed by atoms with Crippen molar-refractivity contribution in [1.29, 1.82) is 5.26 Å². The third-order valence-corrected chi connectivity index (χ3v) is 3.68. The van der Waals surface area contributed by atoms with Gasteiger partial charge in [0.2, 0.25) is 0 Å². The van der Waals surface area contributed by atoms with E-state index >= 15 is 0 Å². The van der Waals surface area contributed by atoms with Crippen LogP contribution in [0.1, 0.15) is 46.5 Å². The van der Waals surface area contributed by atoms with E-state index in [1.165, 1.54) is 0 Å². The van der Waals surface area contributed by atoms with Gasteiger partial charge in [-0.05, 0) is 33.6 Å². The number of likely N-dealkylation sites (tertiary alicyclic amines) is 1. The number of carbonyl (C=O) groups excluding carboxylic acids is 1. The number of rotatable bonds is 2. The predicted octanol–water partition coefficient (Wildman–Crippen LogP) is 2.03. The third-order valence-electron chi connectivity index (χ3n) is 3.68. The molecule has 5 heteroatoms. The SMILES string of the molecule is CC(C)(C)OC(=O)N1CC(NC2(C#N)CCCC2)C1. The maximum atomic E-state index is 11.8. The van der Waals surface area contributed by atoms with Gasteiger partial charge in [0.15, 0.2) is 0 Å². The van der Waals surface area contributed by atoms with E-state index in [2.05, 4.69) is 11.4 Å². The molecule has 0 spiro atoms. The van der Waals surface area contributed by atoms with Gasteiger partial charge >= 0.3 is 6.09 Å². The van der Waals surface area contributed by atoms with Crippen LogP contribution in [-0.4, -0.2) is 41.3 Å². The fourth-order valence-electron chi connectivity index (χ4n) is 2.70. The average molecular weight is 265 g/mol. The molecule has 0 aromatic carbocycles. The highest BCUT2D eigenvalue weighted by molar-refractivity contribution is 5.69. The highest BCUT2D eigenvalue weighted by Crippen LogP contribution is 2.30. The molecule has 0 aromatic rings. The molecule has 2 fully saturated rings. The maximum Gasteiger partial charge on any atom is 0.410 e. The Labute approximate surface area is 114 Å². The summed E-state index contributed by atoms with van der Waals surface area (Å²) < 4.78 is 5.31. The first-order valence-electron chi connectivity index (χ1n) is 7.00. The van der Waals surface area contributed by atoms with E-state index in [0.29, 0.717) is 13.1 Å². The van der Waals surface area contributed by atoms with E-state index in [1.54, 1.807) is 4.90 Å². The molecule has 19 heavy (non-hydrogen) atoms. The van der Waals surface area contributed by atoms with Crippen molar-refractivity contribution in [2.75, 3.05) is 13.1 Å². The van der Waals surface area contributed by atoms with Crippen molar-refractivity contribution in [3.8, 4) is 6.07 Å². The minimum atomic E-state index is -0.449. The molecule has 106 valence electrons. The lowest BCUT2D eigenvalue weighted by Gasteiger charge is -2.43. The molecule has 1 amide bonds. The number of amides is 1. The molecule has 1 N–H and O–H groups in total. The first kappa shape index (κ1) is 14.1. The Morgan fingerprint density at radius 3 is 2.42 bits per heavy atom. The van der Waals surface area contributed by atoms with Crippen LogP contribution >= 0.6 is 0 Å². The Hall–Kier alpha value is -1.28. The van der Waals surface area contributed by atoms with Crippen LogP contribution in [0.2, 0.25) is 0 Å². The summed E-state index contributed by atoms with van der Waals surface area (Å²) in [5.74, 6) is 0. The molecular weight excluding hydrogens is 242 g/mol. The summed E-state index contributed by atoms with van der Waals surface area (Å²) >= 11 is 0. The lowest BCUT2D eigenvalue weighted by molar-refractivity contribution is 0.00299. The molecule has 0 atom stereocenters. The number of carbonyl (C=O) groups is 1. The van der Waals surface area contributed by atoms with E-state index < -0.39 is 5.60 Å². The molecule has 1 saturated carbocycles. The first-order chi connectivity index (χ1) is 8.84. The lowest BCUT2D eigenvalue weighted by Crippen LogP contribution is -2.64. The minimum Gasteiger partial charge on any atom is -0.444 e. The summed E-state index contributed by atoms with van der Waals surface area (Å²) in [5, 5.41) is 12.7. The van der Waals surface area contributed by atoms with Gasteiger partial charge in [0.1, 0.15) is 11.1 Å². The second-order valence-corrected chi connectivity index (χ2v) is 6.63. The monoisotopic (exact) mass is 265 g/mol. The van der Waals surface area contributed by atoms with Crippen LogP contribution in [-0.2, 0) is 4.74 Å². The highest BCUT2D eigenvalue weighted by Gasteiger charge is 2.41. The number of ether oxygens (including phenoxy) is 1. The smallest absolute Gasteiger partial charge is 0.410 e. The molecule has 1 aliphatic heterocycles. The van der Waals surface area contributed by atoms with Crippen molar-refractivity contribution >= 4 is 6.09 Å². The van der Waals surface area contributed by atoms with Crippen molar-refractivity contribution in [3.63, 3.8) is 0 Å². The van der Waals surface area contributed by atoms with Crippen molar-refractivity contribution < 1.29 is 9.53 Å². The molecule has 1 aliphatic carbocycles. The van der Waals surface area contributed by atoms with Crippen molar-refractivity contribution in [2.24, 2.45) is 0 Å². The number of nitrogens with zero attached hydrogens (tertiary/aromatic N) is 2. The van der Waals surface area contributed by atoms with Gasteiger partial charge in [-0.2, -0.15) is 5.26 Å². The van der Waals surface area contributed by atoms with E-state index in [0.717, 1.165) is 25.7 Å². The Morgan fingerprint density at radius 1 is 1.37 bits per heavy atom. The van der Waals surface area contributed by atoms with Gasteiger partial charge < -0.3 is 9.64 Å². The molecule has 1 saturated heterocycles. The standard InChI is InChI=1S/C14H23N3O2/c1-13(2,3)19-12(18)17-8-11(9-17)16-14(10-15)6-4-5-7-14/h11,16H,4-9H2,1-3H3. The zero-order chi connectivity index (χ0) is 14.1. The van der Waals surface area contributed by atoms with E-state index in [-0.39, 0.29) is 17.7 Å². The quantitative estimate of drug-likeness (QED) is 0.829. The summed E-state index contributed by atoms with van der Waals surface area (Å²) in [6.45, 7) is 6.87. The van der Waals surface area contributed by atoms with E-state index in [1.807, 2.05) is 20.8 Å². The molecule has 0 aromatic heterocycles. The number of hydrogen-bond donors (Lipinski definition) is 1. The maximum absolute atomic E-state index is 11.8. The van der Waals surface area contributed by atoms with Crippen molar-refractivity contribution in [1.82, 2.24) is 10.2 Å². The lowest BCUT2D eigenvalue weighted by atomic mass is 9.96. The van der Waals surface area contributed by atoms with Crippen molar-refractivity contribution in [2.45, 2.75) is 63.6 Å². The molecule has 2 aliphatic rings. The van der Waals surface area contributed by atoms with Crippen LogP contribution in [0.4, 0.5) is 4.79 Å². The van der Waals surface area contributed by atoms with Gasteiger partial charge in [-0.25, -0.2) is 4.79 Å². The molecular formula is C14H23N3O2. The largest absolute Gasteiger partial charge is 0.444 e. The van der Waals surface area contributed by atoms with Gasteiger partial charge in [-0.1, -0.05) is 12.8 Å². The third kappa shape index (κ3) is 3.38. The molecule has 2 rings (SSSR count). The zero-order valence-corrected chi connectivity index (χ0v) is 12.0. The average Bonchev–Trinajstić information content (AvgIpc) is 2.69. The summed E-state index contributed by atoms with van der Waals surface area (Å²) in [4.78, 5) is 13.5. The number of hydrogen-bond acceptors (Lipinski definition) is 4. The Balaban J connectivity index is 1.77. The van der Waals surface area contributed by atoms with Gasteiger partial charge in [-0.3, -0.25) is 5.32 Å². The van der Waals surface area contributed by atoms with Gasteiger partial charge in [0, 0.05) is 19.1 Å². The molecule has 0 unspecified atom stereocenters. The highest BCUT2D eigenvalue weighted by atomic mass is 16.6. The second-order valence-electron chi connectivity index (χ2n) is 6.63. The zero-order valence-electron chi connectivity index (χ0n) is 12.0. The van der Waals surface area contributed by atoms with Crippen LogP contribution in [0.15, 0.2) is 0 Å². The van der Waals surface area contributed by atoms with Gasteiger partial charge in [0.25, 0.3) is 0 Å². The minimum absolute atomic E-state index is 0.227. The first-order valence-corrected chi connectivity index (χ1v) is 7.00. The topological polar surface area (TPSA) is 65.4 Å². The Kier molecular flexibility index (Phi) is 3.73. The second kappa shape index (κ2) is 5.01. The molecule has 1 heterocycles. The van der Waals surface area contributed by atoms with E-state index in [9.17, 15) is 10.1 Å². The van der Waals surface area contributed by atoms with Crippen LogP contribution in [0, 0.1) is 11.3 Å². The van der Waals surface area contributed by atoms with Crippen molar-refractivity contribution in [3.05, 3.63) is 0 Å². The fraction of sp³-hybridized carbons (Fsp3) is 0.857. The van der Waals surface area contributed by atoms with Gasteiger partial charge in [-0.15, -0.1) is 0 Å². The number of nitrogens with one attached hydrogen (secondary N) is 1. The summed E-state index contributed by atoms with van der Waals surface area (Å²) in [6.07, 6.45) is 3.81. The molecule has 5 nitrogen and oxygen atoms in total. The molecule has 0 radical (unpaired) electrons. The Morgan fingerprint density at radius 2 is 1.95 bits per heavy atom. The molecule has 0 bridgehead atoms. The van der Waals surface area contributed by atoms with Crippen LogP contribution in [0.5, 0.6) is 0 Å². The van der Waals surface area contributed by atoms with Crippen LogP contribution < -0.4 is 5.32 Å². The summed E-state index contributed by atoms with van der Waals surface area (Å²) in [6, 6.07) is 2.64. The Bertz CT molecular complexity index is 382. The van der Waals surface area contributed by atoms with Crippen LogP contribution in [0.25, 0.3) is 0 Å². The van der Waals surface area contributed by atoms with Gasteiger partial charge in [0.05, 0.1) is 6.07 Å². The van der Waals surface area contributed by atoms with Crippen LogP contribution in [0.3, 0.4) is 0 Å². The number of nitriles is 1. The normalized spacial score (nSPS) is 22.7.